The fraction of sp³-hybridized carbons (Fsp3) is 0.450. The second-order valence-electron chi connectivity index (χ2n) is 6.50. The van der Waals surface area contributed by atoms with Gasteiger partial charge in [-0.25, -0.2) is 4.98 Å². The molecule has 1 aromatic heterocycles. The molecule has 0 bridgehead atoms. The fourth-order valence-electron chi connectivity index (χ4n) is 2.99. The van der Waals surface area contributed by atoms with E-state index in [0.717, 1.165) is 43.4 Å². The predicted octanol–water partition coefficient (Wildman–Crippen LogP) is 1.91. The van der Waals surface area contributed by atoms with Crippen LogP contribution in [0.25, 0.3) is 0 Å². The largest absolute Gasteiger partial charge is 0.493 e. The van der Waals surface area contributed by atoms with Crippen LogP contribution < -0.4 is 20.7 Å². The third kappa shape index (κ3) is 5.45. The van der Waals surface area contributed by atoms with Crippen LogP contribution in [0.15, 0.2) is 28.7 Å². The lowest BCUT2D eigenvalue weighted by molar-refractivity contribution is 0.0957. The highest BCUT2D eigenvalue weighted by atomic mass is 32.1. The van der Waals surface area contributed by atoms with Gasteiger partial charge in [0.2, 0.25) is 0 Å². The summed E-state index contributed by atoms with van der Waals surface area (Å²) in [6.45, 7) is 7.26. The van der Waals surface area contributed by atoms with Crippen molar-refractivity contribution in [3.05, 3.63) is 45.4 Å². The molecule has 2 heterocycles. The van der Waals surface area contributed by atoms with E-state index in [0.29, 0.717) is 24.5 Å². The Labute approximate surface area is 169 Å². The number of hydrogen-bond donors (Lipinski definition) is 3. The molecule has 0 spiro atoms. The van der Waals surface area contributed by atoms with Crippen LogP contribution in [-0.4, -0.2) is 49.6 Å². The number of nitrogens with zero attached hydrogens (tertiary/aromatic N) is 2. The van der Waals surface area contributed by atoms with E-state index < -0.39 is 0 Å². The minimum absolute atomic E-state index is 0.0793. The van der Waals surface area contributed by atoms with E-state index in [2.05, 4.69) is 44.1 Å². The van der Waals surface area contributed by atoms with Gasteiger partial charge in [-0.2, -0.15) is 0 Å². The number of guanidine groups is 1. The SMILES string of the molecule is CCNC(=NCCc1ccc2c(c1)CCO2)NCCNC(=O)c1scnc1C. The van der Waals surface area contributed by atoms with E-state index in [1.165, 1.54) is 22.5 Å². The van der Waals surface area contributed by atoms with E-state index in [9.17, 15) is 4.79 Å². The number of carbonyl (C=O) groups excluding carboxylic acids is 1. The van der Waals surface area contributed by atoms with Crippen LogP contribution in [0, 0.1) is 6.92 Å². The zero-order chi connectivity index (χ0) is 19.8. The molecule has 0 saturated carbocycles. The number of nitrogens with one attached hydrogen (secondary N) is 3. The first-order valence-electron chi connectivity index (χ1n) is 9.62. The number of benzene rings is 1. The monoisotopic (exact) mass is 401 g/mol. The number of thiazole rings is 1. The van der Waals surface area contributed by atoms with Crippen LogP contribution in [0.1, 0.15) is 33.4 Å². The van der Waals surface area contributed by atoms with Crippen molar-refractivity contribution in [1.29, 1.82) is 0 Å². The molecule has 150 valence electrons. The minimum atomic E-state index is -0.0793. The van der Waals surface area contributed by atoms with Gasteiger partial charge in [-0.15, -0.1) is 11.3 Å². The second kappa shape index (κ2) is 10.1. The van der Waals surface area contributed by atoms with Crippen LogP contribution >= 0.6 is 11.3 Å². The molecule has 0 radical (unpaired) electrons. The molecule has 2 aromatic rings. The lowest BCUT2D eigenvalue weighted by atomic mass is 10.1. The number of carbonyl (C=O) groups is 1. The first-order valence-corrected chi connectivity index (χ1v) is 10.5. The maximum atomic E-state index is 12.1. The number of amides is 1. The molecule has 0 fully saturated rings. The average Bonchev–Trinajstić information content (AvgIpc) is 3.33. The Morgan fingerprint density at radius 2 is 2.14 bits per heavy atom. The van der Waals surface area contributed by atoms with Gasteiger partial charge in [-0.05, 0) is 37.5 Å². The molecule has 1 aliphatic heterocycles. The molecule has 1 amide bonds. The van der Waals surface area contributed by atoms with Crippen LogP contribution in [0.5, 0.6) is 5.75 Å². The maximum absolute atomic E-state index is 12.1. The third-order valence-electron chi connectivity index (χ3n) is 4.42. The van der Waals surface area contributed by atoms with Gasteiger partial charge in [0.1, 0.15) is 10.6 Å². The molecule has 8 heteroatoms. The van der Waals surface area contributed by atoms with Gasteiger partial charge in [0.05, 0.1) is 17.8 Å². The Morgan fingerprint density at radius 1 is 1.29 bits per heavy atom. The van der Waals surface area contributed by atoms with E-state index in [-0.39, 0.29) is 5.91 Å². The van der Waals surface area contributed by atoms with Crippen LogP contribution in [0.4, 0.5) is 0 Å². The molecule has 3 N–H and O–H groups in total. The second-order valence-corrected chi connectivity index (χ2v) is 7.36. The first kappa shape index (κ1) is 20.1. The van der Waals surface area contributed by atoms with E-state index >= 15 is 0 Å². The number of aliphatic imine (C=N–C) groups is 1. The molecular formula is C20H27N5O2S. The van der Waals surface area contributed by atoms with Gasteiger partial charge in [0.25, 0.3) is 5.91 Å². The van der Waals surface area contributed by atoms with Gasteiger partial charge >= 0.3 is 0 Å². The fourth-order valence-corrected chi connectivity index (χ4v) is 3.71. The summed E-state index contributed by atoms with van der Waals surface area (Å²) in [5, 5.41) is 9.39. The van der Waals surface area contributed by atoms with Crippen molar-refractivity contribution in [2.45, 2.75) is 26.7 Å². The van der Waals surface area contributed by atoms with E-state index in [1.807, 2.05) is 13.8 Å². The zero-order valence-corrected chi connectivity index (χ0v) is 17.2. The predicted molar refractivity (Wildman–Crippen MR) is 113 cm³/mol. The number of rotatable bonds is 8. The number of aryl methyl sites for hydroxylation is 1. The highest BCUT2D eigenvalue weighted by Crippen LogP contribution is 2.25. The molecule has 1 aliphatic rings. The molecule has 0 unspecified atom stereocenters. The summed E-state index contributed by atoms with van der Waals surface area (Å²) in [5.41, 5.74) is 5.02. The molecule has 28 heavy (non-hydrogen) atoms. The summed E-state index contributed by atoms with van der Waals surface area (Å²) in [6, 6.07) is 6.38. The molecule has 0 saturated heterocycles. The Morgan fingerprint density at radius 3 is 2.93 bits per heavy atom. The first-order chi connectivity index (χ1) is 13.7. The normalized spacial score (nSPS) is 13.0. The van der Waals surface area contributed by atoms with Crippen molar-refractivity contribution in [2.75, 3.05) is 32.8 Å². The summed E-state index contributed by atoms with van der Waals surface area (Å²) in [7, 11) is 0. The highest BCUT2D eigenvalue weighted by molar-refractivity contribution is 7.11. The Hall–Kier alpha value is -2.61. The summed E-state index contributed by atoms with van der Waals surface area (Å²) in [4.78, 5) is 21.5. The number of aromatic nitrogens is 1. The molecular weight excluding hydrogens is 374 g/mol. The van der Waals surface area contributed by atoms with E-state index in [4.69, 9.17) is 4.74 Å². The molecule has 1 aromatic carbocycles. The summed E-state index contributed by atoms with van der Waals surface area (Å²) < 4.78 is 5.55. The van der Waals surface area contributed by atoms with Gasteiger partial charge in [-0.3, -0.25) is 9.79 Å². The summed E-state index contributed by atoms with van der Waals surface area (Å²) in [5.74, 6) is 1.69. The van der Waals surface area contributed by atoms with Crippen molar-refractivity contribution in [3.8, 4) is 5.75 Å². The lowest BCUT2D eigenvalue weighted by Crippen LogP contribution is -2.41. The molecule has 0 atom stereocenters. The number of hydrogen-bond acceptors (Lipinski definition) is 5. The van der Waals surface area contributed by atoms with Crippen LogP contribution in [0.3, 0.4) is 0 Å². The van der Waals surface area contributed by atoms with E-state index in [1.54, 1.807) is 5.51 Å². The minimum Gasteiger partial charge on any atom is -0.493 e. The summed E-state index contributed by atoms with van der Waals surface area (Å²) in [6.07, 6.45) is 1.87. The Bertz CT molecular complexity index is 834. The lowest BCUT2D eigenvalue weighted by Gasteiger charge is -2.12. The van der Waals surface area contributed by atoms with Gasteiger partial charge in [0, 0.05) is 32.6 Å². The zero-order valence-electron chi connectivity index (χ0n) is 16.4. The van der Waals surface area contributed by atoms with Gasteiger partial charge < -0.3 is 20.7 Å². The Kier molecular flexibility index (Phi) is 7.25. The maximum Gasteiger partial charge on any atom is 0.263 e. The topological polar surface area (TPSA) is 87.6 Å². The van der Waals surface area contributed by atoms with Crippen molar-refractivity contribution in [3.63, 3.8) is 0 Å². The quantitative estimate of drug-likeness (QED) is 0.357. The molecule has 0 aliphatic carbocycles. The highest BCUT2D eigenvalue weighted by Gasteiger charge is 2.12. The standard InChI is InChI=1S/C20H27N5O2S/c1-3-21-20(24-10-9-22-19(26)18-14(2)25-13-28-18)23-8-6-15-4-5-17-16(12-15)7-11-27-17/h4-5,12-13H,3,6-11H2,1-2H3,(H,22,26)(H2,21,23,24). The third-order valence-corrected chi connectivity index (χ3v) is 5.35. The smallest absolute Gasteiger partial charge is 0.263 e. The van der Waals surface area contributed by atoms with Crippen molar-refractivity contribution >= 4 is 23.2 Å². The van der Waals surface area contributed by atoms with Gasteiger partial charge in [0.15, 0.2) is 5.96 Å². The van der Waals surface area contributed by atoms with Crippen LogP contribution in [-0.2, 0) is 12.8 Å². The average molecular weight is 402 g/mol. The Balaban J connectivity index is 1.42. The van der Waals surface area contributed by atoms with Crippen molar-refractivity contribution < 1.29 is 9.53 Å². The van der Waals surface area contributed by atoms with Crippen LogP contribution in [0.2, 0.25) is 0 Å². The molecule has 3 rings (SSSR count). The number of fused-ring (bicyclic) bond motifs is 1. The number of ether oxygens (including phenoxy) is 1. The van der Waals surface area contributed by atoms with Gasteiger partial charge in [-0.1, -0.05) is 12.1 Å². The summed E-state index contributed by atoms with van der Waals surface area (Å²) >= 11 is 1.36. The van der Waals surface area contributed by atoms with Crippen molar-refractivity contribution in [1.82, 2.24) is 20.9 Å². The molecule has 7 nitrogen and oxygen atoms in total. The van der Waals surface area contributed by atoms with Crippen molar-refractivity contribution in [2.24, 2.45) is 4.99 Å².